The number of cyclic esters (lactones) is 1. The van der Waals surface area contributed by atoms with E-state index in [-0.39, 0.29) is 30.6 Å². The maximum atomic E-state index is 13.9. The van der Waals surface area contributed by atoms with Gasteiger partial charge in [0.15, 0.2) is 11.6 Å². The molecule has 0 amide bonds. The van der Waals surface area contributed by atoms with Crippen molar-refractivity contribution in [2.24, 2.45) is 5.92 Å². The standard InChI is InChI=1S/C19H18F3NO2/c1-11-4-2-3-5-14(11)18-10-25-19(24)8-13(23-18)6-12-7-16(21)17(22)9-15(12)20/h2-3,5,7-9,11,18,23H,4,6,10H2,1H3. The van der Waals surface area contributed by atoms with E-state index in [2.05, 4.69) is 18.3 Å². The Bertz CT molecular complexity index is 783. The Kier molecular flexibility index (Phi) is 4.97. The zero-order valence-corrected chi connectivity index (χ0v) is 13.7. The molecule has 1 aliphatic carbocycles. The highest BCUT2D eigenvalue weighted by atomic mass is 19.2. The van der Waals surface area contributed by atoms with Crippen LogP contribution in [0.3, 0.4) is 0 Å². The normalized spacial score (nSPS) is 23.3. The van der Waals surface area contributed by atoms with Crippen LogP contribution in [0.5, 0.6) is 0 Å². The lowest BCUT2D eigenvalue weighted by molar-refractivity contribution is -0.137. The van der Waals surface area contributed by atoms with Gasteiger partial charge in [0.2, 0.25) is 0 Å². The molecule has 0 saturated carbocycles. The van der Waals surface area contributed by atoms with Crippen molar-refractivity contribution in [2.45, 2.75) is 25.8 Å². The quantitative estimate of drug-likeness (QED) is 0.670. The van der Waals surface area contributed by atoms with Crippen LogP contribution in [0.15, 0.2) is 47.7 Å². The smallest absolute Gasteiger partial charge is 0.332 e. The number of allylic oxidation sites excluding steroid dienone is 4. The third-order valence-electron chi connectivity index (χ3n) is 4.40. The summed E-state index contributed by atoms with van der Waals surface area (Å²) in [6.07, 6.45) is 8.03. The average Bonchev–Trinajstić information content (AvgIpc) is 2.74. The number of hydrogen-bond donors (Lipinski definition) is 1. The van der Waals surface area contributed by atoms with Gasteiger partial charge in [-0.25, -0.2) is 18.0 Å². The fourth-order valence-corrected chi connectivity index (χ4v) is 3.06. The van der Waals surface area contributed by atoms with Crippen LogP contribution in [0.2, 0.25) is 0 Å². The maximum absolute atomic E-state index is 13.9. The van der Waals surface area contributed by atoms with E-state index in [9.17, 15) is 18.0 Å². The highest BCUT2D eigenvalue weighted by Gasteiger charge is 2.25. The van der Waals surface area contributed by atoms with Gasteiger partial charge in [-0.15, -0.1) is 0 Å². The predicted octanol–water partition coefficient (Wildman–Crippen LogP) is 3.57. The minimum Gasteiger partial charge on any atom is -0.460 e. The molecule has 25 heavy (non-hydrogen) atoms. The number of carbonyl (C=O) groups is 1. The van der Waals surface area contributed by atoms with Gasteiger partial charge in [0, 0.05) is 24.3 Å². The van der Waals surface area contributed by atoms with Crippen molar-refractivity contribution in [3.63, 3.8) is 0 Å². The summed E-state index contributed by atoms with van der Waals surface area (Å²) in [4.78, 5) is 11.8. The second-order valence-electron chi connectivity index (χ2n) is 6.26. The molecule has 2 unspecified atom stereocenters. The molecule has 3 nitrogen and oxygen atoms in total. The molecule has 1 heterocycles. The molecule has 2 aliphatic rings. The first-order valence-corrected chi connectivity index (χ1v) is 8.08. The minimum atomic E-state index is -1.24. The lowest BCUT2D eigenvalue weighted by Gasteiger charge is -2.27. The van der Waals surface area contributed by atoms with E-state index in [1.807, 2.05) is 12.2 Å². The molecule has 6 heteroatoms. The van der Waals surface area contributed by atoms with E-state index in [4.69, 9.17) is 4.74 Å². The van der Waals surface area contributed by atoms with Crippen molar-refractivity contribution in [3.05, 3.63) is 70.7 Å². The monoisotopic (exact) mass is 349 g/mol. The summed E-state index contributed by atoms with van der Waals surface area (Å²) in [6, 6.07) is 1.07. The Morgan fingerprint density at radius 2 is 1.96 bits per heavy atom. The Hall–Kier alpha value is -2.50. The van der Waals surface area contributed by atoms with Crippen molar-refractivity contribution in [1.82, 2.24) is 5.32 Å². The zero-order chi connectivity index (χ0) is 18.0. The molecule has 0 bridgehead atoms. The average molecular weight is 349 g/mol. The second kappa shape index (κ2) is 7.17. The third-order valence-corrected chi connectivity index (χ3v) is 4.40. The fraction of sp³-hybridized carbons (Fsp3) is 0.316. The summed E-state index contributed by atoms with van der Waals surface area (Å²) >= 11 is 0. The van der Waals surface area contributed by atoms with Crippen molar-refractivity contribution < 1.29 is 22.7 Å². The summed E-state index contributed by atoms with van der Waals surface area (Å²) in [6.45, 7) is 2.23. The summed E-state index contributed by atoms with van der Waals surface area (Å²) in [5.41, 5.74) is 1.45. The summed E-state index contributed by atoms with van der Waals surface area (Å²) in [7, 11) is 0. The van der Waals surface area contributed by atoms with Gasteiger partial charge in [-0.3, -0.25) is 0 Å². The Labute approximate surface area is 143 Å². The van der Waals surface area contributed by atoms with E-state index in [1.54, 1.807) is 0 Å². The van der Waals surface area contributed by atoms with Crippen LogP contribution in [-0.4, -0.2) is 18.6 Å². The Balaban J connectivity index is 1.84. The largest absolute Gasteiger partial charge is 0.460 e. The highest BCUT2D eigenvalue weighted by Crippen LogP contribution is 2.25. The van der Waals surface area contributed by atoms with Gasteiger partial charge in [0.05, 0.1) is 6.04 Å². The molecule has 1 aromatic rings. The molecular weight excluding hydrogens is 331 g/mol. The number of halogens is 3. The lowest BCUT2D eigenvalue weighted by Crippen LogP contribution is -2.36. The maximum Gasteiger partial charge on any atom is 0.332 e. The molecule has 1 aromatic carbocycles. The first kappa shape index (κ1) is 17.3. The molecule has 0 spiro atoms. The van der Waals surface area contributed by atoms with E-state index >= 15 is 0 Å². The van der Waals surface area contributed by atoms with Gasteiger partial charge in [-0.05, 0) is 29.5 Å². The Morgan fingerprint density at radius 1 is 1.20 bits per heavy atom. The van der Waals surface area contributed by atoms with Gasteiger partial charge in [0.1, 0.15) is 12.4 Å². The van der Waals surface area contributed by atoms with Gasteiger partial charge in [0.25, 0.3) is 0 Å². The predicted molar refractivity (Wildman–Crippen MR) is 87.0 cm³/mol. The van der Waals surface area contributed by atoms with Crippen molar-refractivity contribution in [3.8, 4) is 0 Å². The van der Waals surface area contributed by atoms with Crippen LogP contribution >= 0.6 is 0 Å². The van der Waals surface area contributed by atoms with Gasteiger partial charge in [-0.1, -0.05) is 25.2 Å². The number of carbonyl (C=O) groups excluding carboxylic acids is 1. The number of rotatable bonds is 3. The van der Waals surface area contributed by atoms with E-state index in [0.717, 1.165) is 18.1 Å². The number of nitrogens with one attached hydrogen (secondary N) is 1. The summed E-state index contributed by atoms with van der Waals surface area (Å²) in [5, 5.41) is 3.19. The molecule has 2 atom stereocenters. The molecule has 0 saturated heterocycles. The topological polar surface area (TPSA) is 38.3 Å². The molecule has 0 fully saturated rings. The van der Waals surface area contributed by atoms with Crippen molar-refractivity contribution >= 4 is 5.97 Å². The van der Waals surface area contributed by atoms with Crippen LogP contribution in [0.1, 0.15) is 18.9 Å². The van der Waals surface area contributed by atoms with E-state index < -0.39 is 23.4 Å². The zero-order valence-electron chi connectivity index (χ0n) is 13.7. The van der Waals surface area contributed by atoms with Crippen LogP contribution in [-0.2, 0) is 16.0 Å². The highest BCUT2D eigenvalue weighted by molar-refractivity contribution is 5.83. The Morgan fingerprint density at radius 3 is 2.72 bits per heavy atom. The van der Waals surface area contributed by atoms with Crippen LogP contribution in [0.25, 0.3) is 0 Å². The molecule has 1 aliphatic heterocycles. The van der Waals surface area contributed by atoms with Crippen molar-refractivity contribution in [1.29, 1.82) is 0 Å². The molecular formula is C19H18F3NO2. The van der Waals surface area contributed by atoms with Gasteiger partial charge in [-0.2, -0.15) is 0 Å². The number of esters is 1. The first-order valence-electron chi connectivity index (χ1n) is 8.08. The van der Waals surface area contributed by atoms with Gasteiger partial charge >= 0.3 is 5.97 Å². The first-order chi connectivity index (χ1) is 11.9. The SMILES string of the molecule is CC1CC=CC=C1C1COC(=O)C=C(Cc2cc(F)c(F)cc2F)N1. The van der Waals surface area contributed by atoms with E-state index in [0.29, 0.717) is 11.8 Å². The lowest BCUT2D eigenvalue weighted by atomic mass is 9.88. The summed E-state index contributed by atoms with van der Waals surface area (Å²) < 4.78 is 45.6. The van der Waals surface area contributed by atoms with Crippen LogP contribution in [0, 0.1) is 23.4 Å². The number of hydrogen-bond acceptors (Lipinski definition) is 3. The second-order valence-corrected chi connectivity index (χ2v) is 6.26. The molecule has 0 aromatic heterocycles. The molecule has 132 valence electrons. The molecule has 1 N–H and O–H groups in total. The number of ether oxygens (including phenoxy) is 1. The minimum absolute atomic E-state index is 0.0309. The molecule has 3 rings (SSSR count). The van der Waals surface area contributed by atoms with Gasteiger partial charge < -0.3 is 10.1 Å². The number of benzene rings is 1. The molecule has 0 radical (unpaired) electrons. The van der Waals surface area contributed by atoms with Crippen LogP contribution < -0.4 is 5.32 Å². The summed E-state index contributed by atoms with van der Waals surface area (Å²) in [5.74, 6) is -3.50. The third kappa shape index (κ3) is 3.95. The van der Waals surface area contributed by atoms with Crippen molar-refractivity contribution in [2.75, 3.05) is 6.61 Å². The fourth-order valence-electron chi connectivity index (χ4n) is 3.06. The van der Waals surface area contributed by atoms with Crippen LogP contribution in [0.4, 0.5) is 13.2 Å². The van der Waals surface area contributed by atoms with E-state index in [1.165, 1.54) is 6.08 Å².